The van der Waals surface area contributed by atoms with Gasteiger partial charge in [-0.25, -0.2) is 0 Å². The number of pyridine rings is 1. The first-order valence-electron chi connectivity index (χ1n) is 9.34. The molecule has 5 heteroatoms. The molecule has 2 aliphatic heterocycles. The fraction of sp³-hybridized carbons (Fsp3) is 0.429. The van der Waals surface area contributed by atoms with Crippen LogP contribution in [0.3, 0.4) is 0 Å². The highest BCUT2D eigenvalue weighted by Crippen LogP contribution is 2.29. The van der Waals surface area contributed by atoms with Crippen molar-refractivity contribution >= 4 is 11.6 Å². The van der Waals surface area contributed by atoms with Crippen LogP contribution in [0.15, 0.2) is 42.7 Å². The third-order valence-corrected chi connectivity index (χ3v) is 5.44. The minimum atomic E-state index is 0.146. The van der Waals surface area contributed by atoms with Gasteiger partial charge in [-0.05, 0) is 54.2 Å². The first-order chi connectivity index (χ1) is 12.7. The zero-order valence-corrected chi connectivity index (χ0v) is 15.1. The van der Waals surface area contributed by atoms with Crippen LogP contribution in [0.25, 0.3) is 0 Å². The minimum Gasteiger partial charge on any atom is -0.373 e. The van der Waals surface area contributed by atoms with E-state index in [9.17, 15) is 4.79 Å². The number of aryl methyl sites for hydroxylation is 1. The summed E-state index contributed by atoms with van der Waals surface area (Å²) >= 11 is 0. The summed E-state index contributed by atoms with van der Waals surface area (Å²) in [6, 6.07) is 11.0. The molecule has 5 nitrogen and oxygen atoms in total. The number of amides is 1. The summed E-state index contributed by atoms with van der Waals surface area (Å²) in [5.74, 6) is 0.202. The van der Waals surface area contributed by atoms with Gasteiger partial charge in [-0.15, -0.1) is 0 Å². The molecule has 1 saturated heterocycles. The Labute approximate surface area is 154 Å². The number of anilines is 1. The van der Waals surface area contributed by atoms with Gasteiger partial charge in [-0.1, -0.05) is 12.1 Å². The fourth-order valence-electron chi connectivity index (χ4n) is 3.87. The number of fused-ring (bicyclic) bond motifs is 1. The number of benzene rings is 1. The molecule has 2 aliphatic rings. The van der Waals surface area contributed by atoms with Crippen molar-refractivity contribution in [1.29, 1.82) is 0 Å². The van der Waals surface area contributed by atoms with E-state index in [0.29, 0.717) is 12.5 Å². The Balaban J connectivity index is 1.37. The van der Waals surface area contributed by atoms with E-state index in [4.69, 9.17) is 4.74 Å². The van der Waals surface area contributed by atoms with Crippen molar-refractivity contribution in [2.75, 3.05) is 18.6 Å². The number of carbonyl (C=O) groups is 1. The Kier molecular flexibility index (Phi) is 5.00. The average molecular weight is 351 g/mol. The van der Waals surface area contributed by atoms with E-state index in [1.165, 1.54) is 16.7 Å². The number of aromatic nitrogens is 1. The van der Waals surface area contributed by atoms with Gasteiger partial charge >= 0.3 is 0 Å². The smallest absolute Gasteiger partial charge is 0.227 e. The van der Waals surface area contributed by atoms with Crippen LogP contribution in [0.1, 0.15) is 42.1 Å². The van der Waals surface area contributed by atoms with E-state index in [0.717, 1.165) is 38.1 Å². The van der Waals surface area contributed by atoms with Gasteiger partial charge in [0.25, 0.3) is 0 Å². The van der Waals surface area contributed by atoms with Crippen LogP contribution < -0.4 is 10.2 Å². The maximum Gasteiger partial charge on any atom is 0.227 e. The lowest BCUT2D eigenvalue weighted by atomic mass is 9.97. The first-order valence-corrected chi connectivity index (χ1v) is 9.34. The molecule has 2 unspecified atom stereocenters. The molecule has 3 heterocycles. The number of hydrogen-bond donors (Lipinski definition) is 1. The van der Waals surface area contributed by atoms with E-state index in [2.05, 4.69) is 28.5 Å². The second kappa shape index (κ2) is 7.56. The molecule has 0 spiro atoms. The van der Waals surface area contributed by atoms with Crippen LogP contribution in [-0.4, -0.2) is 30.6 Å². The first kappa shape index (κ1) is 17.2. The van der Waals surface area contributed by atoms with Gasteiger partial charge in [0.05, 0.1) is 6.10 Å². The summed E-state index contributed by atoms with van der Waals surface area (Å²) < 4.78 is 5.94. The molecule has 2 aromatic rings. The van der Waals surface area contributed by atoms with Gasteiger partial charge in [-0.3, -0.25) is 9.78 Å². The van der Waals surface area contributed by atoms with Crippen LogP contribution in [-0.2, 0) is 22.5 Å². The second-order valence-electron chi connectivity index (χ2n) is 7.16. The predicted molar refractivity (Wildman–Crippen MR) is 101 cm³/mol. The molecule has 136 valence electrons. The van der Waals surface area contributed by atoms with Crippen molar-refractivity contribution in [3.63, 3.8) is 0 Å². The van der Waals surface area contributed by atoms with Gasteiger partial charge in [0.2, 0.25) is 5.91 Å². The lowest BCUT2D eigenvalue weighted by Gasteiger charge is -2.31. The molecule has 2 atom stereocenters. The summed E-state index contributed by atoms with van der Waals surface area (Å²) in [7, 11) is 1.86. The summed E-state index contributed by atoms with van der Waals surface area (Å²) in [5.41, 5.74) is 4.80. The summed E-state index contributed by atoms with van der Waals surface area (Å²) in [6.07, 6.45) is 7.25. The van der Waals surface area contributed by atoms with Crippen LogP contribution in [0.5, 0.6) is 0 Å². The molecule has 0 bridgehead atoms. The van der Waals surface area contributed by atoms with E-state index in [1.54, 1.807) is 4.90 Å². The van der Waals surface area contributed by atoms with Crippen molar-refractivity contribution in [3.05, 3.63) is 59.4 Å². The van der Waals surface area contributed by atoms with E-state index in [-0.39, 0.29) is 12.0 Å². The standard InChI is InChI=1S/C21H25N3O2/c1-24-19-4-2-15(12-17(19)3-5-21(24)25)14-23-18-8-11-26-20(13-18)16-6-9-22-10-7-16/h2,4,6-7,9-10,12,18,20,23H,3,5,8,11,13-14H2,1H3. The number of hydrogen-bond acceptors (Lipinski definition) is 4. The van der Waals surface area contributed by atoms with Gasteiger partial charge in [0.15, 0.2) is 0 Å². The molecule has 4 rings (SSSR count). The maximum absolute atomic E-state index is 11.8. The van der Waals surface area contributed by atoms with Crippen LogP contribution in [0.2, 0.25) is 0 Å². The van der Waals surface area contributed by atoms with Crippen molar-refractivity contribution in [2.45, 2.75) is 44.4 Å². The van der Waals surface area contributed by atoms with Gasteiger partial charge in [-0.2, -0.15) is 0 Å². The molecule has 1 amide bonds. The van der Waals surface area contributed by atoms with E-state index in [1.807, 2.05) is 31.6 Å². The van der Waals surface area contributed by atoms with Crippen molar-refractivity contribution in [2.24, 2.45) is 0 Å². The van der Waals surface area contributed by atoms with Crippen LogP contribution in [0.4, 0.5) is 5.69 Å². The lowest BCUT2D eigenvalue weighted by molar-refractivity contribution is -0.118. The van der Waals surface area contributed by atoms with Crippen molar-refractivity contribution in [3.8, 4) is 0 Å². The van der Waals surface area contributed by atoms with Crippen LogP contribution in [0, 0.1) is 0 Å². The monoisotopic (exact) mass is 351 g/mol. The molecular formula is C21H25N3O2. The number of nitrogens with zero attached hydrogens (tertiary/aromatic N) is 2. The summed E-state index contributed by atoms with van der Waals surface area (Å²) in [6.45, 7) is 1.63. The van der Waals surface area contributed by atoms with Gasteiger partial charge in [0.1, 0.15) is 0 Å². The highest BCUT2D eigenvalue weighted by molar-refractivity contribution is 5.95. The zero-order valence-electron chi connectivity index (χ0n) is 15.1. The number of rotatable bonds is 4. The molecular weight excluding hydrogens is 326 g/mol. The third-order valence-electron chi connectivity index (χ3n) is 5.44. The number of ether oxygens (including phenoxy) is 1. The Morgan fingerprint density at radius 3 is 2.92 bits per heavy atom. The van der Waals surface area contributed by atoms with Gasteiger partial charge < -0.3 is 15.0 Å². The Morgan fingerprint density at radius 2 is 2.08 bits per heavy atom. The predicted octanol–water partition coefficient (Wildman–Crippen LogP) is 3.00. The highest BCUT2D eigenvalue weighted by Gasteiger charge is 2.24. The van der Waals surface area contributed by atoms with E-state index < -0.39 is 0 Å². The Morgan fingerprint density at radius 1 is 1.23 bits per heavy atom. The van der Waals surface area contributed by atoms with Crippen LogP contribution >= 0.6 is 0 Å². The molecule has 1 aromatic carbocycles. The number of nitrogens with one attached hydrogen (secondary N) is 1. The molecule has 0 aliphatic carbocycles. The van der Waals surface area contributed by atoms with Crippen molar-refractivity contribution < 1.29 is 9.53 Å². The largest absolute Gasteiger partial charge is 0.373 e. The molecule has 1 N–H and O–H groups in total. The Hall–Kier alpha value is -2.24. The van der Waals surface area contributed by atoms with Crippen molar-refractivity contribution in [1.82, 2.24) is 10.3 Å². The maximum atomic E-state index is 11.8. The SMILES string of the molecule is CN1C(=O)CCc2cc(CNC3CCOC(c4ccncc4)C3)ccc21. The molecule has 1 fully saturated rings. The third kappa shape index (κ3) is 3.64. The van der Waals surface area contributed by atoms with E-state index >= 15 is 0 Å². The average Bonchev–Trinajstić information content (AvgIpc) is 2.70. The molecule has 26 heavy (non-hydrogen) atoms. The highest BCUT2D eigenvalue weighted by atomic mass is 16.5. The normalized spacial score (nSPS) is 23.0. The topological polar surface area (TPSA) is 54.5 Å². The zero-order chi connectivity index (χ0) is 17.9. The van der Waals surface area contributed by atoms with Gasteiger partial charge in [0, 0.05) is 50.7 Å². The minimum absolute atomic E-state index is 0.146. The Bertz CT molecular complexity index is 778. The fourth-order valence-corrected chi connectivity index (χ4v) is 3.87. The summed E-state index contributed by atoms with van der Waals surface area (Å²) in [5, 5.41) is 3.69. The molecule has 0 saturated carbocycles. The molecule has 1 aromatic heterocycles. The molecule has 0 radical (unpaired) electrons. The lowest BCUT2D eigenvalue weighted by Crippen LogP contribution is -2.36. The summed E-state index contributed by atoms with van der Waals surface area (Å²) in [4.78, 5) is 17.7. The second-order valence-corrected chi connectivity index (χ2v) is 7.16. The quantitative estimate of drug-likeness (QED) is 0.920. The number of carbonyl (C=O) groups excluding carboxylic acids is 1.